The third kappa shape index (κ3) is 4.56. The number of hydrogen-bond donors (Lipinski definition) is 0. The number of carbonyl (C=O) groups excluding carboxylic acids is 1. The third-order valence-corrected chi connectivity index (χ3v) is 7.19. The normalized spacial score (nSPS) is 14.9. The molecule has 168 valence electrons. The van der Waals surface area contributed by atoms with Crippen LogP contribution < -0.4 is 0 Å². The van der Waals surface area contributed by atoms with E-state index in [-0.39, 0.29) is 18.1 Å². The highest BCUT2D eigenvalue weighted by Gasteiger charge is 2.29. The van der Waals surface area contributed by atoms with Crippen molar-refractivity contribution in [2.24, 2.45) is 0 Å². The Balaban J connectivity index is 1.48. The Labute approximate surface area is 185 Å². The molecule has 0 amide bonds. The number of hydrogen-bond acceptors (Lipinski definition) is 7. The summed E-state index contributed by atoms with van der Waals surface area (Å²) in [6.45, 7) is 2.27. The van der Waals surface area contributed by atoms with Gasteiger partial charge in [0.2, 0.25) is 15.8 Å². The van der Waals surface area contributed by atoms with Crippen molar-refractivity contribution in [3.63, 3.8) is 0 Å². The summed E-state index contributed by atoms with van der Waals surface area (Å²) in [5, 5.41) is 3.90. The van der Waals surface area contributed by atoms with E-state index in [1.165, 1.54) is 10.4 Å². The molecule has 0 aliphatic carbocycles. The number of sulfonamides is 1. The molecule has 10 heteroatoms. The number of benzene rings is 2. The Hall–Kier alpha value is -3.11. The first kappa shape index (κ1) is 22.1. The molecule has 2 aromatic carbocycles. The number of piperidine rings is 1. The molecule has 0 spiro atoms. The van der Waals surface area contributed by atoms with Gasteiger partial charge in [-0.25, -0.2) is 17.6 Å². The molecule has 1 aromatic heterocycles. The van der Waals surface area contributed by atoms with E-state index in [1.807, 2.05) is 31.2 Å². The van der Waals surface area contributed by atoms with Crippen molar-refractivity contribution < 1.29 is 26.9 Å². The lowest BCUT2D eigenvalue weighted by molar-refractivity contribution is 0.0429. The summed E-state index contributed by atoms with van der Waals surface area (Å²) in [6.07, 6.45) is 2.37. The SMILES string of the molecule is Cc1ccccc1-c1noc(COC(=O)c2ccc(F)c(S(=O)(=O)N3CCCCC3)c2)n1. The average Bonchev–Trinajstić information content (AvgIpc) is 3.27. The largest absolute Gasteiger partial charge is 0.452 e. The van der Waals surface area contributed by atoms with Gasteiger partial charge in [0.25, 0.3) is 5.89 Å². The molecule has 8 nitrogen and oxygen atoms in total. The quantitative estimate of drug-likeness (QED) is 0.518. The lowest BCUT2D eigenvalue weighted by atomic mass is 10.1. The maximum Gasteiger partial charge on any atom is 0.338 e. The van der Waals surface area contributed by atoms with E-state index in [0.29, 0.717) is 18.9 Å². The predicted octanol–water partition coefficient (Wildman–Crippen LogP) is 3.72. The number of esters is 1. The van der Waals surface area contributed by atoms with Crippen LogP contribution >= 0.6 is 0 Å². The van der Waals surface area contributed by atoms with Gasteiger partial charge in [-0.15, -0.1) is 0 Å². The highest BCUT2D eigenvalue weighted by Crippen LogP contribution is 2.25. The van der Waals surface area contributed by atoms with Gasteiger partial charge >= 0.3 is 5.97 Å². The van der Waals surface area contributed by atoms with Crippen molar-refractivity contribution in [2.45, 2.75) is 37.7 Å². The Kier molecular flexibility index (Phi) is 6.33. The lowest BCUT2D eigenvalue weighted by Crippen LogP contribution is -2.36. The zero-order chi connectivity index (χ0) is 22.7. The molecule has 1 fully saturated rings. The highest BCUT2D eigenvalue weighted by molar-refractivity contribution is 7.89. The van der Waals surface area contributed by atoms with Crippen LogP contribution in [0.15, 0.2) is 51.9 Å². The molecule has 1 aliphatic rings. The maximum atomic E-state index is 14.3. The van der Waals surface area contributed by atoms with Gasteiger partial charge in [-0.2, -0.15) is 9.29 Å². The standard InChI is InChI=1S/C22H22FN3O5S/c1-15-7-3-4-8-17(15)21-24-20(31-25-21)14-30-22(27)16-9-10-18(23)19(13-16)32(28,29)26-11-5-2-6-12-26/h3-4,7-10,13H,2,5-6,11-12,14H2,1H3. The summed E-state index contributed by atoms with van der Waals surface area (Å²) in [4.78, 5) is 16.2. The summed E-state index contributed by atoms with van der Waals surface area (Å²) >= 11 is 0. The van der Waals surface area contributed by atoms with Crippen LogP contribution in [0.5, 0.6) is 0 Å². The number of nitrogens with zero attached hydrogens (tertiary/aromatic N) is 3. The van der Waals surface area contributed by atoms with Crippen LogP contribution in [0.4, 0.5) is 4.39 Å². The van der Waals surface area contributed by atoms with Gasteiger partial charge in [0.15, 0.2) is 6.61 Å². The minimum atomic E-state index is -4.04. The van der Waals surface area contributed by atoms with E-state index in [4.69, 9.17) is 9.26 Å². The Bertz CT molecular complexity index is 1240. The minimum Gasteiger partial charge on any atom is -0.452 e. The minimum absolute atomic E-state index is 0.0828. The molecule has 0 N–H and O–H groups in total. The van der Waals surface area contributed by atoms with Crippen LogP contribution in [0, 0.1) is 12.7 Å². The molecule has 0 atom stereocenters. The third-order valence-electron chi connectivity index (χ3n) is 5.28. The molecule has 32 heavy (non-hydrogen) atoms. The summed E-state index contributed by atoms with van der Waals surface area (Å²) in [6, 6.07) is 10.6. The molecular weight excluding hydrogens is 437 g/mol. The fourth-order valence-corrected chi connectivity index (χ4v) is 5.14. The maximum absolute atomic E-state index is 14.3. The average molecular weight is 459 g/mol. The van der Waals surface area contributed by atoms with E-state index in [2.05, 4.69) is 10.1 Å². The van der Waals surface area contributed by atoms with E-state index in [0.717, 1.165) is 42.5 Å². The molecule has 3 aromatic rings. The van der Waals surface area contributed by atoms with Gasteiger partial charge in [0.05, 0.1) is 5.56 Å². The molecular formula is C22H22FN3O5S. The van der Waals surface area contributed by atoms with E-state index in [1.54, 1.807) is 0 Å². The van der Waals surface area contributed by atoms with Crippen LogP contribution in [-0.4, -0.2) is 41.9 Å². The summed E-state index contributed by atoms with van der Waals surface area (Å²) in [7, 11) is -4.04. The van der Waals surface area contributed by atoms with E-state index < -0.39 is 26.7 Å². The van der Waals surface area contributed by atoms with Gasteiger partial charge in [0.1, 0.15) is 10.7 Å². The van der Waals surface area contributed by atoms with Crippen molar-refractivity contribution in [2.75, 3.05) is 13.1 Å². The molecule has 0 radical (unpaired) electrons. The molecule has 1 aliphatic heterocycles. The molecule has 4 rings (SSSR count). The first-order valence-corrected chi connectivity index (χ1v) is 11.7. The van der Waals surface area contributed by atoms with Crippen LogP contribution in [0.25, 0.3) is 11.4 Å². The fourth-order valence-electron chi connectivity index (χ4n) is 3.53. The van der Waals surface area contributed by atoms with Crippen LogP contribution in [0.2, 0.25) is 0 Å². The Morgan fingerprint density at radius 1 is 1.16 bits per heavy atom. The number of halogens is 1. The topological polar surface area (TPSA) is 103 Å². The van der Waals surface area contributed by atoms with Gasteiger partial charge in [0, 0.05) is 18.7 Å². The van der Waals surface area contributed by atoms with Crippen molar-refractivity contribution in [1.29, 1.82) is 0 Å². The molecule has 0 saturated carbocycles. The summed E-state index contributed by atoms with van der Waals surface area (Å²) in [5.41, 5.74) is 1.67. The zero-order valence-electron chi connectivity index (χ0n) is 17.5. The highest BCUT2D eigenvalue weighted by atomic mass is 32.2. The number of aromatic nitrogens is 2. The first-order chi connectivity index (χ1) is 15.4. The van der Waals surface area contributed by atoms with E-state index >= 15 is 0 Å². The lowest BCUT2D eigenvalue weighted by Gasteiger charge is -2.26. The Morgan fingerprint density at radius 3 is 2.66 bits per heavy atom. The van der Waals surface area contributed by atoms with Crippen LogP contribution in [-0.2, 0) is 21.4 Å². The monoisotopic (exact) mass is 459 g/mol. The van der Waals surface area contributed by atoms with Crippen molar-refractivity contribution in [3.8, 4) is 11.4 Å². The second kappa shape index (κ2) is 9.17. The van der Waals surface area contributed by atoms with Crippen molar-refractivity contribution in [3.05, 3.63) is 65.3 Å². The van der Waals surface area contributed by atoms with Gasteiger partial charge in [-0.1, -0.05) is 35.8 Å². The molecule has 0 unspecified atom stereocenters. The number of ether oxygens (including phenoxy) is 1. The molecule has 0 bridgehead atoms. The molecule has 1 saturated heterocycles. The van der Waals surface area contributed by atoms with Crippen LogP contribution in [0.1, 0.15) is 41.1 Å². The van der Waals surface area contributed by atoms with E-state index in [9.17, 15) is 17.6 Å². The molecule has 2 heterocycles. The number of carbonyl (C=O) groups is 1. The smallest absolute Gasteiger partial charge is 0.338 e. The second-order valence-corrected chi connectivity index (χ2v) is 9.42. The summed E-state index contributed by atoms with van der Waals surface area (Å²) < 4.78 is 51.6. The summed E-state index contributed by atoms with van der Waals surface area (Å²) in [5.74, 6) is -1.28. The predicted molar refractivity (Wildman–Crippen MR) is 113 cm³/mol. The number of aryl methyl sites for hydroxylation is 1. The first-order valence-electron chi connectivity index (χ1n) is 10.2. The second-order valence-electron chi connectivity index (χ2n) is 7.51. The van der Waals surface area contributed by atoms with Crippen molar-refractivity contribution >= 4 is 16.0 Å². The van der Waals surface area contributed by atoms with Gasteiger partial charge in [-0.05, 0) is 43.5 Å². The number of rotatable bonds is 6. The van der Waals surface area contributed by atoms with Gasteiger partial charge < -0.3 is 9.26 Å². The van der Waals surface area contributed by atoms with Crippen molar-refractivity contribution in [1.82, 2.24) is 14.4 Å². The fraction of sp³-hybridized carbons (Fsp3) is 0.318. The van der Waals surface area contributed by atoms with Crippen LogP contribution in [0.3, 0.4) is 0 Å². The zero-order valence-corrected chi connectivity index (χ0v) is 18.3. The van der Waals surface area contributed by atoms with Gasteiger partial charge in [-0.3, -0.25) is 0 Å². The Morgan fingerprint density at radius 2 is 1.91 bits per heavy atom.